The van der Waals surface area contributed by atoms with Crippen molar-refractivity contribution in [3.05, 3.63) is 28.7 Å². The Kier molecular flexibility index (Phi) is 4.09. The predicted molar refractivity (Wildman–Crippen MR) is 62.8 cm³/mol. The minimum Gasteiger partial charge on any atom is -0.468 e. The summed E-state index contributed by atoms with van der Waals surface area (Å²) >= 11 is 3.18. The molecule has 0 aliphatic heterocycles. The van der Waals surface area contributed by atoms with Crippen molar-refractivity contribution in [2.75, 3.05) is 7.11 Å². The van der Waals surface area contributed by atoms with Crippen LogP contribution >= 0.6 is 15.9 Å². The highest BCUT2D eigenvalue weighted by molar-refractivity contribution is 9.10. The van der Waals surface area contributed by atoms with Crippen LogP contribution in [0.1, 0.15) is 6.92 Å². The van der Waals surface area contributed by atoms with Gasteiger partial charge in [-0.25, -0.2) is 8.42 Å². The summed E-state index contributed by atoms with van der Waals surface area (Å²) in [6.45, 7) is 1.31. The molecule has 0 aliphatic carbocycles. The first-order valence-electron chi connectivity index (χ1n) is 4.47. The van der Waals surface area contributed by atoms with Crippen molar-refractivity contribution in [1.29, 1.82) is 0 Å². The van der Waals surface area contributed by atoms with Crippen LogP contribution in [0.25, 0.3) is 0 Å². The molecule has 0 saturated heterocycles. The molecule has 1 unspecified atom stereocenters. The first-order chi connectivity index (χ1) is 7.39. The van der Waals surface area contributed by atoms with Gasteiger partial charge in [0.2, 0.25) is 0 Å². The summed E-state index contributed by atoms with van der Waals surface area (Å²) in [6.07, 6.45) is 0. The molecule has 0 fully saturated rings. The van der Waals surface area contributed by atoms with Crippen molar-refractivity contribution in [2.45, 2.75) is 17.1 Å². The molecule has 88 valence electrons. The number of carbonyl (C=O) groups excluding carboxylic acids is 1. The Bertz CT molecular complexity index is 495. The molecule has 0 heterocycles. The van der Waals surface area contributed by atoms with Gasteiger partial charge in [0.05, 0.1) is 12.0 Å². The monoisotopic (exact) mass is 306 g/mol. The van der Waals surface area contributed by atoms with Crippen LogP contribution in [0.2, 0.25) is 0 Å². The number of carbonyl (C=O) groups is 1. The third-order valence-electron chi connectivity index (χ3n) is 2.12. The lowest BCUT2D eigenvalue weighted by molar-refractivity contribution is -0.139. The minimum atomic E-state index is -3.68. The number of methoxy groups -OCH3 is 1. The first kappa shape index (κ1) is 13.2. The topological polar surface area (TPSA) is 60.4 Å². The molecule has 6 heteroatoms. The summed E-state index contributed by atoms with van der Waals surface area (Å²) in [7, 11) is -2.52. The van der Waals surface area contributed by atoms with Gasteiger partial charge >= 0.3 is 5.97 Å². The van der Waals surface area contributed by atoms with E-state index in [9.17, 15) is 13.2 Å². The molecular formula is C10H11BrO4S. The van der Waals surface area contributed by atoms with Crippen LogP contribution in [-0.4, -0.2) is 26.7 Å². The number of benzene rings is 1. The third kappa shape index (κ3) is 2.62. The van der Waals surface area contributed by atoms with E-state index in [-0.39, 0.29) is 4.90 Å². The molecule has 0 bridgehead atoms. The van der Waals surface area contributed by atoms with E-state index in [0.29, 0.717) is 4.47 Å². The molecule has 0 saturated carbocycles. The highest BCUT2D eigenvalue weighted by Gasteiger charge is 2.30. The summed E-state index contributed by atoms with van der Waals surface area (Å²) < 4.78 is 29.0. The quantitative estimate of drug-likeness (QED) is 0.799. The molecule has 0 aromatic heterocycles. The first-order valence-corrected chi connectivity index (χ1v) is 6.81. The summed E-state index contributed by atoms with van der Waals surface area (Å²) in [5.41, 5.74) is 0. The van der Waals surface area contributed by atoms with Gasteiger partial charge in [0.1, 0.15) is 0 Å². The molecule has 1 aromatic rings. The number of sulfone groups is 1. The second-order valence-electron chi connectivity index (χ2n) is 3.17. The molecule has 1 aromatic carbocycles. The highest BCUT2D eigenvalue weighted by Crippen LogP contribution is 2.20. The number of halogens is 1. The average Bonchev–Trinajstić information content (AvgIpc) is 2.27. The zero-order valence-corrected chi connectivity index (χ0v) is 11.2. The molecule has 1 rings (SSSR count). The van der Waals surface area contributed by atoms with Gasteiger partial charge in [-0.2, -0.15) is 0 Å². The van der Waals surface area contributed by atoms with Crippen LogP contribution in [0, 0.1) is 0 Å². The van der Waals surface area contributed by atoms with E-state index in [1.807, 2.05) is 0 Å². The fraction of sp³-hybridized carbons (Fsp3) is 0.300. The van der Waals surface area contributed by atoms with Crippen molar-refractivity contribution >= 4 is 31.7 Å². The van der Waals surface area contributed by atoms with Gasteiger partial charge in [-0.1, -0.05) is 22.0 Å². The summed E-state index contributed by atoms with van der Waals surface area (Å²) in [5.74, 6) is -0.764. The normalized spacial score (nSPS) is 13.2. The minimum absolute atomic E-state index is 0.0970. The zero-order valence-electron chi connectivity index (χ0n) is 8.81. The second kappa shape index (κ2) is 4.97. The summed E-state index contributed by atoms with van der Waals surface area (Å²) in [5, 5.41) is -1.20. The predicted octanol–water partition coefficient (Wildman–Crippen LogP) is 1.78. The van der Waals surface area contributed by atoms with Gasteiger partial charge in [0.25, 0.3) is 0 Å². The average molecular weight is 307 g/mol. The van der Waals surface area contributed by atoms with Gasteiger partial charge in [-0.05, 0) is 25.1 Å². The smallest absolute Gasteiger partial charge is 0.324 e. The number of esters is 1. The molecule has 0 N–H and O–H groups in total. The highest BCUT2D eigenvalue weighted by atomic mass is 79.9. The van der Waals surface area contributed by atoms with Crippen molar-refractivity contribution in [1.82, 2.24) is 0 Å². The van der Waals surface area contributed by atoms with Gasteiger partial charge in [0.15, 0.2) is 15.1 Å². The maximum absolute atomic E-state index is 12.0. The molecule has 0 spiro atoms. The molecule has 0 aliphatic rings. The van der Waals surface area contributed by atoms with Crippen LogP contribution in [-0.2, 0) is 19.4 Å². The number of hydrogen-bond acceptors (Lipinski definition) is 4. The maximum Gasteiger partial charge on any atom is 0.324 e. The van der Waals surface area contributed by atoms with Crippen LogP contribution in [0.15, 0.2) is 33.6 Å². The van der Waals surface area contributed by atoms with Crippen molar-refractivity contribution < 1.29 is 17.9 Å². The fourth-order valence-corrected chi connectivity index (χ4v) is 3.01. The Balaban J connectivity index is 3.17. The van der Waals surface area contributed by atoms with E-state index in [1.54, 1.807) is 12.1 Å². The van der Waals surface area contributed by atoms with Gasteiger partial charge < -0.3 is 4.74 Å². The molecule has 4 nitrogen and oxygen atoms in total. The lowest BCUT2D eigenvalue weighted by atomic mass is 10.4. The fourth-order valence-electron chi connectivity index (χ4n) is 1.14. The molecule has 16 heavy (non-hydrogen) atoms. The van der Waals surface area contributed by atoms with E-state index in [2.05, 4.69) is 20.7 Å². The second-order valence-corrected chi connectivity index (χ2v) is 6.35. The molecule has 1 atom stereocenters. The molecule has 0 radical (unpaired) electrons. The third-order valence-corrected chi connectivity index (χ3v) is 4.65. The Hall–Kier alpha value is -0.880. The van der Waals surface area contributed by atoms with Crippen molar-refractivity contribution in [3.8, 4) is 0 Å². The van der Waals surface area contributed by atoms with Crippen LogP contribution < -0.4 is 0 Å². The lowest BCUT2D eigenvalue weighted by Crippen LogP contribution is -2.28. The Morgan fingerprint density at radius 1 is 1.44 bits per heavy atom. The Morgan fingerprint density at radius 2 is 2.06 bits per heavy atom. The van der Waals surface area contributed by atoms with E-state index >= 15 is 0 Å². The zero-order chi connectivity index (χ0) is 12.3. The largest absolute Gasteiger partial charge is 0.468 e. The standard InChI is InChI=1S/C10H11BrO4S/c1-7(10(12)15-2)16(13,14)9-5-3-4-8(11)6-9/h3-7H,1-2H3. The van der Waals surface area contributed by atoms with Crippen LogP contribution in [0.5, 0.6) is 0 Å². The Morgan fingerprint density at radius 3 is 2.56 bits per heavy atom. The maximum atomic E-state index is 12.0. The van der Waals surface area contributed by atoms with Crippen LogP contribution in [0.3, 0.4) is 0 Å². The van der Waals surface area contributed by atoms with Crippen LogP contribution in [0.4, 0.5) is 0 Å². The lowest BCUT2D eigenvalue weighted by Gasteiger charge is -2.10. The van der Waals surface area contributed by atoms with E-state index in [1.165, 1.54) is 19.1 Å². The molecule has 0 amide bonds. The van der Waals surface area contributed by atoms with E-state index in [0.717, 1.165) is 7.11 Å². The van der Waals surface area contributed by atoms with Crippen molar-refractivity contribution in [2.24, 2.45) is 0 Å². The summed E-state index contributed by atoms with van der Waals surface area (Å²) in [6, 6.07) is 6.21. The Labute approximate surface area is 103 Å². The summed E-state index contributed by atoms with van der Waals surface area (Å²) in [4.78, 5) is 11.3. The SMILES string of the molecule is COC(=O)C(C)S(=O)(=O)c1cccc(Br)c1. The van der Waals surface area contributed by atoms with E-state index < -0.39 is 21.1 Å². The number of hydrogen-bond donors (Lipinski definition) is 0. The van der Waals surface area contributed by atoms with Gasteiger partial charge in [-0.15, -0.1) is 0 Å². The van der Waals surface area contributed by atoms with E-state index in [4.69, 9.17) is 0 Å². The molecular weight excluding hydrogens is 296 g/mol. The van der Waals surface area contributed by atoms with Gasteiger partial charge in [-0.3, -0.25) is 4.79 Å². The van der Waals surface area contributed by atoms with Crippen molar-refractivity contribution in [3.63, 3.8) is 0 Å². The van der Waals surface area contributed by atoms with Gasteiger partial charge in [0, 0.05) is 4.47 Å². The number of ether oxygens (including phenoxy) is 1. The number of rotatable bonds is 3.